The molecule has 1 amide bonds. The Hall–Kier alpha value is -0.980. The number of hydrogen-bond acceptors (Lipinski definition) is 4. The molecule has 0 bridgehead atoms. The quantitative estimate of drug-likeness (QED) is 0.897. The third kappa shape index (κ3) is 1.89. The molecule has 2 unspecified atom stereocenters. The highest BCUT2D eigenvalue weighted by Gasteiger charge is 2.53. The maximum atomic E-state index is 12.7. The van der Waals surface area contributed by atoms with Crippen LogP contribution in [0.15, 0.2) is 16.7 Å². The molecule has 1 N–H and O–H groups in total. The van der Waals surface area contributed by atoms with Crippen molar-refractivity contribution in [2.75, 3.05) is 11.5 Å². The Morgan fingerprint density at radius 3 is 3.05 bits per heavy atom. The van der Waals surface area contributed by atoms with Gasteiger partial charge < -0.3 is 9.84 Å². The number of anilines is 1. The minimum atomic E-state index is -1.51. The maximum Gasteiger partial charge on any atom is 0.267 e. The van der Waals surface area contributed by atoms with Gasteiger partial charge in [0, 0.05) is 17.3 Å². The molecule has 0 aliphatic carbocycles. The molecule has 0 aromatic carbocycles. The van der Waals surface area contributed by atoms with Gasteiger partial charge in [-0.25, -0.2) is 4.98 Å². The maximum absolute atomic E-state index is 12.7. The lowest BCUT2D eigenvalue weighted by molar-refractivity contribution is -0.139. The van der Waals surface area contributed by atoms with E-state index >= 15 is 0 Å². The summed E-state index contributed by atoms with van der Waals surface area (Å²) in [5.41, 5.74) is -0.954. The summed E-state index contributed by atoms with van der Waals surface area (Å²) in [5, 5.41) is 10.8. The standard InChI is InChI=1S/C14H17BrN2O3/c1-2-14(19)11-9(15)6-7-16-12(11)17(13(14)18)10-5-3-4-8-20-10/h6-7,10,19H,2-5,8H2,1H3. The van der Waals surface area contributed by atoms with E-state index in [2.05, 4.69) is 20.9 Å². The Morgan fingerprint density at radius 2 is 2.40 bits per heavy atom. The van der Waals surface area contributed by atoms with Crippen LogP contribution in [0.3, 0.4) is 0 Å². The summed E-state index contributed by atoms with van der Waals surface area (Å²) >= 11 is 3.42. The average Bonchev–Trinajstić information content (AvgIpc) is 2.70. The smallest absolute Gasteiger partial charge is 0.267 e. The molecular formula is C14H17BrN2O3. The SMILES string of the molecule is CCC1(O)C(=O)N(C2CCCCO2)c2nccc(Br)c21. The number of amides is 1. The first-order chi connectivity index (χ1) is 9.59. The van der Waals surface area contributed by atoms with E-state index in [0.717, 1.165) is 19.3 Å². The van der Waals surface area contributed by atoms with Gasteiger partial charge in [0.25, 0.3) is 5.91 Å². The molecule has 1 fully saturated rings. The molecule has 3 heterocycles. The second-order valence-corrected chi connectivity index (χ2v) is 6.06. The molecular weight excluding hydrogens is 324 g/mol. The van der Waals surface area contributed by atoms with E-state index in [1.807, 2.05) is 0 Å². The van der Waals surface area contributed by atoms with E-state index in [-0.39, 0.29) is 12.1 Å². The van der Waals surface area contributed by atoms with Crippen LogP contribution in [0.1, 0.15) is 38.2 Å². The van der Waals surface area contributed by atoms with Crippen LogP contribution in [-0.4, -0.2) is 28.8 Å². The zero-order valence-corrected chi connectivity index (χ0v) is 12.9. The van der Waals surface area contributed by atoms with Crippen LogP contribution in [0.4, 0.5) is 5.82 Å². The zero-order valence-electron chi connectivity index (χ0n) is 11.3. The Bertz CT molecular complexity index is 545. The number of carbonyl (C=O) groups excluding carboxylic acids is 1. The van der Waals surface area contributed by atoms with Gasteiger partial charge in [-0.05, 0) is 31.7 Å². The molecule has 2 aliphatic heterocycles. The van der Waals surface area contributed by atoms with Crippen molar-refractivity contribution in [2.24, 2.45) is 0 Å². The van der Waals surface area contributed by atoms with E-state index in [9.17, 15) is 9.90 Å². The van der Waals surface area contributed by atoms with Gasteiger partial charge in [0.2, 0.25) is 0 Å². The Morgan fingerprint density at radius 1 is 1.60 bits per heavy atom. The fourth-order valence-electron chi connectivity index (χ4n) is 2.92. The molecule has 2 aliphatic rings. The van der Waals surface area contributed by atoms with E-state index in [1.165, 1.54) is 4.90 Å². The summed E-state index contributed by atoms with van der Waals surface area (Å²) in [6.45, 7) is 2.44. The topological polar surface area (TPSA) is 62.7 Å². The van der Waals surface area contributed by atoms with Crippen molar-refractivity contribution in [2.45, 2.75) is 44.4 Å². The number of aromatic nitrogens is 1. The second-order valence-electron chi connectivity index (χ2n) is 5.20. The Labute approximate surface area is 126 Å². The molecule has 0 saturated carbocycles. The summed E-state index contributed by atoms with van der Waals surface area (Å²) in [6, 6.07) is 1.75. The van der Waals surface area contributed by atoms with Crippen molar-refractivity contribution in [3.8, 4) is 0 Å². The van der Waals surface area contributed by atoms with Crippen LogP contribution in [0, 0.1) is 0 Å². The van der Waals surface area contributed by atoms with Gasteiger partial charge >= 0.3 is 0 Å². The van der Waals surface area contributed by atoms with Gasteiger partial charge in [-0.3, -0.25) is 9.69 Å². The highest BCUT2D eigenvalue weighted by atomic mass is 79.9. The highest BCUT2D eigenvalue weighted by molar-refractivity contribution is 9.10. The van der Waals surface area contributed by atoms with Gasteiger partial charge in [-0.2, -0.15) is 0 Å². The highest BCUT2D eigenvalue weighted by Crippen LogP contribution is 2.46. The van der Waals surface area contributed by atoms with Crippen molar-refractivity contribution in [1.82, 2.24) is 4.98 Å². The predicted molar refractivity (Wildman–Crippen MR) is 77.2 cm³/mol. The number of carbonyl (C=O) groups is 1. The van der Waals surface area contributed by atoms with Crippen molar-refractivity contribution in [3.63, 3.8) is 0 Å². The largest absolute Gasteiger partial charge is 0.375 e. The molecule has 108 valence electrons. The number of aliphatic hydroxyl groups is 1. The summed E-state index contributed by atoms with van der Waals surface area (Å²) in [5.74, 6) is 0.182. The van der Waals surface area contributed by atoms with Gasteiger partial charge in [-0.15, -0.1) is 0 Å². The van der Waals surface area contributed by atoms with E-state index in [1.54, 1.807) is 19.2 Å². The van der Waals surface area contributed by atoms with Gasteiger partial charge in [0.15, 0.2) is 5.60 Å². The van der Waals surface area contributed by atoms with Crippen LogP contribution in [0.5, 0.6) is 0 Å². The molecule has 0 radical (unpaired) electrons. The molecule has 6 heteroatoms. The van der Waals surface area contributed by atoms with Crippen LogP contribution < -0.4 is 4.90 Å². The summed E-state index contributed by atoms with van der Waals surface area (Å²) in [6.07, 6.45) is 4.42. The van der Waals surface area contributed by atoms with Gasteiger partial charge in [0.1, 0.15) is 12.0 Å². The lowest BCUT2D eigenvalue weighted by Gasteiger charge is -2.31. The van der Waals surface area contributed by atoms with Gasteiger partial charge in [-0.1, -0.05) is 22.9 Å². The number of hydrogen-bond donors (Lipinski definition) is 1. The minimum Gasteiger partial charge on any atom is -0.375 e. The van der Waals surface area contributed by atoms with Crippen LogP contribution in [-0.2, 0) is 15.1 Å². The Balaban J connectivity index is 2.10. The lowest BCUT2D eigenvalue weighted by Crippen LogP contribution is -2.47. The van der Waals surface area contributed by atoms with E-state index in [0.29, 0.717) is 28.9 Å². The third-order valence-corrected chi connectivity index (χ3v) is 4.71. The third-order valence-electron chi connectivity index (χ3n) is 4.05. The number of fused-ring (bicyclic) bond motifs is 1. The molecule has 1 aromatic rings. The molecule has 20 heavy (non-hydrogen) atoms. The van der Waals surface area contributed by atoms with Crippen LogP contribution >= 0.6 is 15.9 Å². The fourth-order valence-corrected chi connectivity index (χ4v) is 3.54. The first kappa shape index (κ1) is 14.0. The van der Waals surface area contributed by atoms with Crippen molar-refractivity contribution >= 4 is 27.7 Å². The Kier molecular flexibility index (Phi) is 3.56. The molecule has 3 rings (SSSR count). The number of rotatable bonds is 2. The summed E-state index contributed by atoms with van der Waals surface area (Å²) < 4.78 is 6.41. The predicted octanol–water partition coefficient (Wildman–Crippen LogP) is 2.31. The number of ether oxygens (including phenoxy) is 1. The van der Waals surface area contributed by atoms with Crippen molar-refractivity contribution in [1.29, 1.82) is 0 Å². The summed E-state index contributed by atoms with van der Waals surface area (Å²) in [4.78, 5) is 18.5. The molecule has 1 aromatic heterocycles. The van der Waals surface area contributed by atoms with Crippen LogP contribution in [0.25, 0.3) is 0 Å². The number of nitrogens with zero attached hydrogens (tertiary/aromatic N) is 2. The van der Waals surface area contributed by atoms with Crippen LogP contribution in [0.2, 0.25) is 0 Å². The lowest BCUT2D eigenvalue weighted by atomic mass is 9.94. The van der Waals surface area contributed by atoms with E-state index in [4.69, 9.17) is 4.74 Å². The first-order valence-electron chi connectivity index (χ1n) is 6.92. The number of pyridine rings is 1. The van der Waals surface area contributed by atoms with E-state index < -0.39 is 5.60 Å². The number of halogens is 1. The average molecular weight is 341 g/mol. The monoisotopic (exact) mass is 340 g/mol. The van der Waals surface area contributed by atoms with Gasteiger partial charge in [0.05, 0.1) is 5.56 Å². The normalized spacial score (nSPS) is 29.6. The minimum absolute atomic E-state index is 0.312. The summed E-state index contributed by atoms with van der Waals surface area (Å²) in [7, 11) is 0. The van der Waals surface area contributed by atoms with Crippen molar-refractivity contribution in [3.05, 3.63) is 22.3 Å². The molecule has 1 saturated heterocycles. The first-order valence-corrected chi connectivity index (χ1v) is 7.71. The molecule has 2 atom stereocenters. The second kappa shape index (κ2) is 5.09. The zero-order chi connectivity index (χ0) is 14.3. The molecule has 5 nitrogen and oxygen atoms in total. The fraction of sp³-hybridized carbons (Fsp3) is 0.571. The molecule has 0 spiro atoms. The van der Waals surface area contributed by atoms with Crippen molar-refractivity contribution < 1.29 is 14.6 Å².